The van der Waals surface area contributed by atoms with Crippen LogP contribution in [-0.4, -0.2) is 12.0 Å². The van der Waals surface area contributed by atoms with E-state index in [2.05, 4.69) is 30.7 Å². The minimum Gasteiger partial charge on any atom is -0.388 e. The Morgan fingerprint density at radius 3 is 2.13 bits per heavy atom. The van der Waals surface area contributed by atoms with E-state index in [1.165, 1.54) is 17.7 Å². The lowest BCUT2D eigenvalue weighted by atomic mass is 10.0. The first-order chi connectivity index (χ1) is 11.0. The molecule has 0 spiro atoms. The van der Waals surface area contributed by atoms with Crippen molar-refractivity contribution in [1.29, 1.82) is 0 Å². The Morgan fingerprint density at radius 1 is 1.17 bits per heavy atom. The van der Waals surface area contributed by atoms with Gasteiger partial charge in [-0.2, -0.15) is 0 Å². The predicted octanol–water partition coefficient (Wildman–Crippen LogP) is 6.27. The molecular weight excluding hydrogens is 287 g/mol. The highest BCUT2D eigenvalue weighted by molar-refractivity contribution is 5.66. The van der Waals surface area contributed by atoms with Crippen LogP contribution in [0.15, 0.2) is 49.2 Å². The highest BCUT2D eigenvalue weighted by Crippen LogP contribution is 2.27. The van der Waals surface area contributed by atoms with Crippen molar-refractivity contribution in [2.24, 2.45) is 0 Å². The zero-order valence-electron chi connectivity index (χ0n) is 15.2. The van der Waals surface area contributed by atoms with Gasteiger partial charge in [-0.1, -0.05) is 33.8 Å². The summed E-state index contributed by atoms with van der Waals surface area (Å²) in [6.07, 6.45) is 3.63. The molecule has 2 rings (SSSR count). The SMILES string of the molecule is C=CC.CC.CNc1cc(-c2ccc(F)cc2)ncc1C(C)C. The van der Waals surface area contributed by atoms with Gasteiger partial charge in [0.2, 0.25) is 0 Å². The molecule has 0 radical (unpaired) electrons. The van der Waals surface area contributed by atoms with E-state index < -0.39 is 0 Å². The van der Waals surface area contributed by atoms with Crippen molar-refractivity contribution in [2.75, 3.05) is 12.4 Å². The van der Waals surface area contributed by atoms with E-state index in [9.17, 15) is 4.39 Å². The van der Waals surface area contributed by atoms with Gasteiger partial charge in [0.15, 0.2) is 0 Å². The molecule has 0 amide bonds. The number of nitrogens with one attached hydrogen (secondary N) is 1. The maximum absolute atomic E-state index is 12.9. The van der Waals surface area contributed by atoms with E-state index in [0.717, 1.165) is 16.9 Å². The number of hydrogen-bond acceptors (Lipinski definition) is 2. The Hall–Kier alpha value is -2.16. The Kier molecular flexibility index (Phi) is 10.3. The quantitative estimate of drug-likeness (QED) is 0.675. The Labute approximate surface area is 140 Å². The number of rotatable bonds is 3. The van der Waals surface area contributed by atoms with Crippen LogP contribution in [0.25, 0.3) is 11.3 Å². The lowest BCUT2D eigenvalue weighted by Crippen LogP contribution is -1.99. The number of pyridine rings is 1. The summed E-state index contributed by atoms with van der Waals surface area (Å²) in [6, 6.07) is 8.39. The molecule has 1 aromatic heterocycles. The number of nitrogens with zero attached hydrogens (tertiary/aromatic N) is 1. The van der Waals surface area contributed by atoms with Crippen molar-refractivity contribution in [3.63, 3.8) is 0 Å². The van der Waals surface area contributed by atoms with Crippen molar-refractivity contribution in [2.45, 2.75) is 40.5 Å². The molecular formula is C20H29FN2. The van der Waals surface area contributed by atoms with Gasteiger partial charge in [-0.15, -0.1) is 6.58 Å². The summed E-state index contributed by atoms with van der Waals surface area (Å²) in [5.41, 5.74) is 4.02. The van der Waals surface area contributed by atoms with Crippen LogP contribution in [0.3, 0.4) is 0 Å². The van der Waals surface area contributed by atoms with Crippen molar-refractivity contribution in [3.8, 4) is 11.3 Å². The predicted molar refractivity (Wildman–Crippen MR) is 100 cm³/mol. The Morgan fingerprint density at radius 2 is 1.70 bits per heavy atom. The third-order valence-electron chi connectivity index (χ3n) is 2.97. The maximum atomic E-state index is 12.9. The minimum atomic E-state index is -0.230. The van der Waals surface area contributed by atoms with Crippen LogP contribution >= 0.6 is 0 Å². The van der Waals surface area contributed by atoms with Crippen molar-refractivity contribution >= 4 is 5.69 Å². The van der Waals surface area contributed by atoms with Gasteiger partial charge >= 0.3 is 0 Å². The van der Waals surface area contributed by atoms with E-state index in [0.29, 0.717) is 5.92 Å². The van der Waals surface area contributed by atoms with Gasteiger partial charge < -0.3 is 5.32 Å². The zero-order valence-corrected chi connectivity index (χ0v) is 15.2. The Balaban J connectivity index is 0.000000868. The number of halogens is 1. The van der Waals surface area contributed by atoms with E-state index in [1.807, 2.05) is 40.1 Å². The smallest absolute Gasteiger partial charge is 0.123 e. The normalized spacial score (nSPS) is 9.22. The summed E-state index contributed by atoms with van der Waals surface area (Å²) in [4.78, 5) is 4.45. The van der Waals surface area contributed by atoms with E-state index in [1.54, 1.807) is 18.2 Å². The zero-order chi connectivity index (χ0) is 17.8. The number of aromatic nitrogens is 1. The largest absolute Gasteiger partial charge is 0.388 e. The van der Waals surface area contributed by atoms with E-state index in [-0.39, 0.29) is 5.82 Å². The monoisotopic (exact) mass is 316 g/mol. The maximum Gasteiger partial charge on any atom is 0.123 e. The molecule has 0 aliphatic carbocycles. The number of hydrogen-bond donors (Lipinski definition) is 1. The third-order valence-corrected chi connectivity index (χ3v) is 2.97. The number of allylic oxidation sites excluding steroid dienone is 1. The summed E-state index contributed by atoms with van der Waals surface area (Å²) < 4.78 is 12.9. The molecule has 0 atom stereocenters. The van der Waals surface area contributed by atoms with Crippen LogP contribution in [0.5, 0.6) is 0 Å². The molecule has 126 valence electrons. The van der Waals surface area contributed by atoms with Gasteiger partial charge in [-0.25, -0.2) is 4.39 Å². The van der Waals surface area contributed by atoms with Crippen molar-refractivity contribution < 1.29 is 4.39 Å². The van der Waals surface area contributed by atoms with E-state index >= 15 is 0 Å². The molecule has 2 nitrogen and oxygen atoms in total. The Bertz CT molecular complexity index is 575. The molecule has 0 unspecified atom stereocenters. The van der Waals surface area contributed by atoms with Gasteiger partial charge in [-0.05, 0) is 48.7 Å². The molecule has 3 heteroatoms. The first-order valence-electron chi connectivity index (χ1n) is 8.04. The topological polar surface area (TPSA) is 24.9 Å². The van der Waals surface area contributed by atoms with Gasteiger partial charge in [0, 0.05) is 24.5 Å². The van der Waals surface area contributed by atoms with Gasteiger partial charge in [0.25, 0.3) is 0 Å². The standard InChI is InChI=1S/C15H17FN2.C3H6.C2H6/c1-10(2)13-9-18-14(8-15(13)17-3)11-4-6-12(16)7-5-11;1-3-2;1-2/h4-10H,1-3H3,(H,17,18);3H,1H2,2H3;1-2H3. The first-order valence-corrected chi connectivity index (χ1v) is 8.04. The number of benzene rings is 1. The molecule has 23 heavy (non-hydrogen) atoms. The van der Waals surface area contributed by atoms with E-state index in [4.69, 9.17) is 0 Å². The van der Waals surface area contributed by atoms with Crippen molar-refractivity contribution in [3.05, 3.63) is 60.6 Å². The van der Waals surface area contributed by atoms with Crippen LogP contribution < -0.4 is 5.32 Å². The fraction of sp³-hybridized carbons (Fsp3) is 0.350. The second-order valence-corrected chi connectivity index (χ2v) is 4.98. The molecule has 0 saturated carbocycles. The molecule has 0 saturated heterocycles. The van der Waals surface area contributed by atoms with Crippen LogP contribution in [0.4, 0.5) is 10.1 Å². The molecule has 1 heterocycles. The molecule has 0 fully saturated rings. The number of anilines is 1. The highest BCUT2D eigenvalue weighted by Gasteiger charge is 2.08. The molecule has 2 aromatic rings. The summed E-state index contributed by atoms with van der Waals surface area (Å²) in [7, 11) is 1.90. The molecule has 0 aliphatic heterocycles. The summed E-state index contributed by atoms with van der Waals surface area (Å²) in [5, 5.41) is 3.18. The van der Waals surface area contributed by atoms with Gasteiger partial charge in [0.05, 0.1) is 5.69 Å². The fourth-order valence-corrected chi connectivity index (χ4v) is 1.92. The average Bonchev–Trinajstić information content (AvgIpc) is 2.57. The second-order valence-electron chi connectivity index (χ2n) is 4.98. The first kappa shape index (κ1) is 20.8. The molecule has 1 N–H and O–H groups in total. The van der Waals surface area contributed by atoms with Gasteiger partial charge in [0.1, 0.15) is 5.82 Å². The van der Waals surface area contributed by atoms with Gasteiger partial charge in [-0.3, -0.25) is 4.98 Å². The molecule has 0 bridgehead atoms. The summed E-state index contributed by atoms with van der Waals surface area (Å²) >= 11 is 0. The lowest BCUT2D eigenvalue weighted by molar-refractivity contribution is 0.628. The summed E-state index contributed by atoms with van der Waals surface area (Å²) in [5.74, 6) is 0.189. The summed E-state index contributed by atoms with van der Waals surface area (Å²) in [6.45, 7) is 13.5. The van der Waals surface area contributed by atoms with Crippen LogP contribution in [-0.2, 0) is 0 Å². The van der Waals surface area contributed by atoms with Crippen LogP contribution in [0, 0.1) is 5.82 Å². The fourth-order valence-electron chi connectivity index (χ4n) is 1.92. The average molecular weight is 316 g/mol. The molecule has 1 aromatic carbocycles. The third kappa shape index (κ3) is 6.64. The second kappa shape index (κ2) is 11.4. The van der Waals surface area contributed by atoms with Crippen molar-refractivity contribution in [1.82, 2.24) is 4.98 Å². The lowest BCUT2D eigenvalue weighted by Gasteiger charge is -2.13. The molecule has 0 aliphatic rings. The minimum absolute atomic E-state index is 0.230. The van der Waals surface area contributed by atoms with Crippen LogP contribution in [0.1, 0.15) is 46.1 Å². The van der Waals surface area contributed by atoms with Crippen LogP contribution in [0.2, 0.25) is 0 Å². The highest BCUT2D eigenvalue weighted by atomic mass is 19.1.